The molecule has 3 nitrogen and oxygen atoms in total. The van der Waals surface area contributed by atoms with Crippen LogP contribution >= 0.6 is 0 Å². The maximum atomic E-state index is 10.9. The maximum Gasteiger partial charge on any atom is 0.153 e. The highest BCUT2D eigenvalue weighted by atomic mass is 16.5. The van der Waals surface area contributed by atoms with Crippen molar-refractivity contribution in [3.05, 3.63) is 59.4 Å². The number of nitrogens with zero attached hydrogens (tertiary/aromatic N) is 1. The molecular formula is C15H15NO2. The molecule has 0 aliphatic heterocycles. The lowest BCUT2D eigenvalue weighted by atomic mass is 10.1. The zero-order valence-electron chi connectivity index (χ0n) is 10.3. The van der Waals surface area contributed by atoms with E-state index in [-0.39, 0.29) is 0 Å². The fraction of sp³-hybridized carbons (Fsp3) is 0.200. The van der Waals surface area contributed by atoms with Crippen molar-refractivity contribution in [3.63, 3.8) is 0 Å². The van der Waals surface area contributed by atoms with Crippen molar-refractivity contribution in [2.45, 2.75) is 13.3 Å². The lowest BCUT2D eigenvalue weighted by Gasteiger charge is -2.10. The quantitative estimate of drug-likeness (QED) is 0.756. The Bertz CT molecular complexity index is 523. The lowest BCUT2D eigenvalue weighted by Crippen LogP contribution is -2.05. The largest absolute Gasteiger partial charge is 0.492 e. The third-order valence-electron chi connectivity index (χ3n) is 2.70. The number of aldehydes is 1. The number of rotatable bonds is 5. The number of carbonyl (C=O) groups is 1. The summed E-state index contributed by atoms with van der Waals surface area (Å²) in [6.45, 7) is 2.45. The zero-order valence-corrected chi connectivity index (χ0v) is 10.3. The number of para-hydroxylation sites is 1. The van der Waals surface area contributed by atoms with Crippen molar-refractivity contribution < 1.29 is 9.53 Å². The van der Waals surface area contributed by atoms with Crippen LogP contribution in [0.3, 0.4) is 0 Å². The van der Waals surface area contributed by atoms with Gasteiger partial charge in [-0.1, -0.05) is 18.2 Å². The van der Waals surface area contributed by atoms with Crippen LogP contribution in [0, 0.1) is 6.92 Å². The van der Waals surface area contributed by atoms with Gasteiger partial charge in [0.25, 0.3) is 0 Å². The highest BCUT2D eigenvalue weighted by Gasteiger charge is 2.06. The van der Waals surface area contributed by atoms with E-state index in [1.165, 1.54) is 0 Å². The van der Waals surface area contributed by atoms with Gasteiger partial charge in [0.1, 0.15) is 5.75 Å². The van der Waals surface area contributed by atoms with Gasteiger partial charge in [0.15, 0.2) is 6.29 Å². The number of hydrogen-bond donors (Lipinski definition) is 0. The van der Waals surface area contributed by atoms with Gasteiger partial charge < -0.3 is 4.74 Å². The Balaban J connectivity index is 2.00. The molecule has 0 atom stereocenters. The molecule has 3 heteroatoms. The standard InChI is InChI=1S/C15H15NO2/c1-12-5-4-6-13(11-17)15(12)18-10-8-14-7-2-3-9-16-14/h2-7,9,11H,8,10H2,1H3. The van der Waals surface area contributed by atoms with Crippen LogP contribution < -0.4 is 4.74 Å². The van der Waals surface area contributed by atoms with Crippen molar-refractivity contribution in [1.29, 1.82) is 0 Å². The number of hydrogen-bond acceptors (Lipinski definition) is 3. The van der Waals surface area contributed by atoms with Gasteiger partial charge >= 0.3 is 0 Å². The maximum absolute atomic E-state index is 10.9. The number of ether oxygens (including phenoxy) is 1. The Morgan fingerprint density at radius 1 is 1.22 bits per heavy atom. The van der Waals surface area contributed by atoms with Gasteiger partial charge in [-0.25, -0.2) is 0 Å². The van der Waals surface area contributed by atoms with Crippen LogP contribution in [0.1, 0.15) is 21.6 Å². The van der Waals surface area contributed by atoms with Crippen LogP contribution in [0.2, 0.25) is 0 Å². The van der Waals surface area contributed by atoms with Crippen LogP contribution in [-0.4, -0.2) is 17.9 Å². The first-order chi connectivity index (χ1) is 8.81. The van der Waals surface area contributed by atoms with Gasteiger partial charge in [0, 0.05) is 18.3 Å². The molecule has 0 aliphatic carbocycles. The van der Waals surface area contributed by atoms with Gasteiger partial charge in [-0.15, -0.1) is 0 Å². The predicted molar refractivity (Wildman–Crippen MR) is 70.0 cm³/mol. The van der Waals surface area contributed by atoms with E-state index in [0.29, 0.717) is 17.9 Å². The third kappa shape index (κ3) is 2.94. The molecule has 0 fully saturated rings. The van der Waals surface area contributed by atoms with E-state index >= 15 is 0 Å². The minimum Gasteiger partial charge on any atom is -0.492 e. The molecule has 0 bridgehead atoms. The number of benzene rings is 1. The van der Waals surface area contributed by atoms with Crippen molar-refractivity contribution in [3.8, 4) is 5.75 Å². The van der Waals surface area contributed by atoms with Gasteiger partial charge in [0.05, 0.1) is 12.2 Å². The molecule has 92 valence electrons. The molecular weight excluding hydrogens is 226 g/mol. The first-order valence-electron chi connectivity index (χ1n) is 5.89. The molecule has 0 N–H and O–H groups in total. The molecule has 0 saturated carbocycles. The summed E-state index contributed by atoms with van der Waals surface area (Å²) in [5, 5.41) is 0. The smallest absolute Gasteiger partial charge is 0.153 e. The Morgan fingerprint density at radius 2 is 2.11 bits per heavy atom. The van der Waals surface area contributed by atoms with Crippen molar-refractivity contribution >= 4 is 6.29 Å². The van der Waals surface area contributed by atoms with E-state index in [4.69, 9.17) is 4.74 Å². The number of aromatic nitrogens is 1. The average molecular weight is 241 g/mol. The fourth-order valence-electron chi connectivity index (χ4n) is 1.77. The molecule has 0 unspecified atom stereocenters. The topological polar surface area (TPSA) is 39.2 Å². The summed E-state index contributed by atoms with van der Waals surface area (Å²) in [7, 11) is 0. The third-order valence-corrected chi connectivity index (χ3v) is 2.70. The van der Waals surface area contributed by atoms with Crippen LogP contribution in [0.5, 0.6) is 5.75 Å². The minimum atomic E-state index is 0.517. The molecule has 0 spiro atoms. The van der Waals surface area contributed by atoms with Crippen molar-refractivity contribution in [2.75, 3.05) is 6.61 Å². The van der Waals surface area contributed by atoms with Crippen LogP contribution in [0.4, 0.5) is 0 Å². The van der Waals surface area contributed by atoms with E-state index < -0.39 is 0 Å². The van der Waals surface area contributed by atoms with Crippen LogP contribution in [0.15, 0.2) is 42.6 Å². The van der Waals surface area contributed by atoms with E-state index in [0.717, 1.165) is 24.0 Å². The van der Waals surface area contributed by atoms with Crippen molar-refractivity contribution in [2.24, 2.45) is 0 Å². The second kappa shape index (κ2) is 5.96. The Hall–Kier alpha value is -2.16. The van der Waals surface area contributed by atoms with Gasteiger partial charge in [-0.05, 0) is 30.7 Å². The lowest BCUT2D eigenvalue weighted by molar-refractivity contribution is 0.111. The predicted octanol–water partition coefficient (Wildman–Crippen LogP) is 2.82. The summed E-state index contributed by atoms with van der Waals surface area (Å²) in [4.78, 5) is 15.1. The zero-order chi connectivity index (χ0) is 12.8. The fourth-order valence-corrected chi connectivity index (χ4v) is 1.77. The molecule has 1 heterocycles. The summed E-state index contributed by atoms with van der Waals surface area (Å²) in [6, 6.07) is 11.3. The normalized spacial score (nSPS) is 10.1. The number of carbonyl (C=O) groups excluding carboxylic acids is 1. The first-order valence-corrected chi connectivity index (χ1v) is 5.89. The second-order valence-electron chi connectivity index (χ2n) is 4.03. The van der Waals surface area contributed by atoms with Crippen LogP contribution in [-0.2, 0) is 6.42 Å². The van der Waals surface area contributed by atoms with Gasteiger partial charge in [0.2, 0.25) is 0 Å². The SMILES string of the molecule is Cc1cccc(C=O)c1OCCc1ccccn1. The summed E-state index contributed by atoms with van der Waals surface area (Å²) in [5.74, 6) is 0.670. The molecule has 1 aromatic heterocycles. The molecule has 1 aromatic carbocycles. The second-order valence-corrected chi connectivity index (χ2v) is 4.03. The summed E-state index contributed by atoms with van der Waals surface area (Å²) in [6.07, 6.45) is 3.32. The van der Waals surface area contributed by atoms with E-state index in [1.54, 1.807) is 12.3 Å². The van der Waals surface area contributed by atoms with E-state index in [2.05, 4.69) is 4.98 Å². The molecule has 2 rings (SSSR count). The number of pyridine rings is 1. The summed E-state index contributed by atoms with van der Waals surface area (Å²) in [5.41, 5.74) is 2.55. The average Bonchev–Trinajstić information content (AvgIpc) is 2.41. The summed E-state index contributed by atoms with van der Waals surface area (Å²) < 4.78 is 5.69. The minimum absolute atomic E-state index is 0.517. The Labute approximate surface area is 106 Å². The molecule has 0 amide bonds. The molecule has 18 heavy (non-hydrogen) atoms. The monoisotopic (exact) mass is 241 g/mol. The van der Waals surface area contributed by atoms with E-state index in [9.17, 15) is 4.79 Å². The highest BCUT2D eigenvalue weighted by molar-refractivity contribution is 5.80. The molecule has 2 aromatic rings. The Kier molecular flexibility index (Phi) is 4.07. The molecule has 0 radical (unpaired) electrons. The molecule has 0 aliphatic rings. The van der Waals surface area contributed by atoms with Crippen LogP contribution in [0.25, 0.3) is 0 Å². The van der Waals surface area contributed by atoms with Gasteiger partial charge in [-0.3, -0.25) is 9.78 Å². The molecule has 0 saturated heterocycles. The number of aryl methyl sites for hydroxylation is 1. The van der Waals surface area contributed by atoms with Crippen molar-refractivity contribution in [1.82, 2.24) is 4.98 Å². The van der Waals surface area contributed by atoms with E-state index in [1.807, 2.05) is 37.3 Å². The Morgan fingerprint density at radius 3 is 2.83 bits per heavy atom. The van der Waals surface area contributed by atoms with Gasteiger partial charge in [-0.2, -0.15) is 0 Å². The first kappa shape index (κ1) is 12.3. The highest BCUT2D eigenvalue weighted by Crippen LogP contribution is 2.21. The summed E-state index contributed by atoms with van der Waals surface area (Å²) >= 11 is 0.